The van der Waals surface area contributed by atoms with Gasteiger partial charge >= 0.3 is 6.03 Å². The lowest BCUT2D eigenvalue weighted by Crippen LogP contribution is -2.19. The summed E-state index contributed by atoms with van der Waals surface area (Å²) in [5.41, 5.74) is 10.2. The maximum Gasteiger partial charge on any atom is 0.323 e. The Bertz CT molecular complexity index is 1460. The van der Waals surface area contributed by atoms with Crippen molar-refractivity contribution in [1.82, 2.24) is 19.4 Å². The smallest absolute Gasteiger partial charge is 0.323 e. The van der Waals surface area contributed by atoms with Crippen LogP contribution in [-0.2, 0) is 0 Å². The van der Waals surface area contributed by atoms with Crippen LogP contribution >= 0.6 is 0 Å². The van der Waals surface area contributed by atoms with Crippen molar-refractivity contribution >= 4 is 40.4 Å². The minimum absolute atomic E-state index is 0.330. The van der Waals surface area contributed by atoms with Crippen molar-refractivity contribution < 1.29 is 4.79 Å². The Morgan fingerprint density at radius 2 is 1.56 bits per heavy atom. The van der Waals surface area contributed by atoms with E-state index >= 15 is 0 Å². The van der Waals surface area contributed by atoms with E-state index < -0.39 is 0 Å². The van der Waals surface area contributed by atoms with Gasteiger partial charge in [0.1, 0.15) is 23.0 Å². The lowest BCUT2D eigenvalue weighted by atomic mass is 10.2. The minimum Gasteiger partial charge on any atom is -0.384 e. The zero-order valence-corrected chi connectivity index (χ0v) is 18.4. The van der Waals surface area contributed by atoms with Crippen molar-refractivity contribution in [1.29, 1.82) is 0 Å². The summed E-state index contributed by atoms with van der Waals surface area (Å²) >= 11 is 0. The number of rotatable bonds is 5. The fraction of sp³-hybridized carbons (Fsp3) is 0.0400. The molecule has 0 aliphatic heterocycles. The Morgan fingerprint density at radius 1 is 0.824 bits per heavy atom. The number of fused-ring (bicyclic) bond motifs is 1. The number of hydrogen-bond donors (Lipinski definition) is 4. The van der Waals surface area contributed by atoms with Crippen LogP contribution in [0.3, 0.4) is 0 Å². The summed E-state index contributed by atoms with van der Waals surface area (Å²) in [6, 6.07) is 23.8. The number of nitrogens with two attached hydrogens (primary N) is 1. The fourth-order valence-corrected chi connectivity index (χ4v) is 3.67. The number of carbonyl (C=O) groups is 1. The van der Waals surface area contributed by atoms with Gasteiger partial charge in [0.05, 0.1) is 5.69 Å². The van der Waals surface area contributed by atoms with Crippen molar-refractivity contribution in [2.45, 2.75) is 6.92 Å². The molecule has 5 N–H and O–H groups in total. The van der Waals surface area contributed by atoms with E-state index in [1.54, 1.807) is 13.0 Å². The zero-order valence-electron chi connectivity index (χ0n) is 18.4. The van der Waals surface area contributed by atoms with Crippen LogP contribution in [0.5, 0.6) is 0 Å². The molecule has 0 saturated heterocycles. The Hall–Kier alpha value is -4.92. The highest BCUT2D eigenvalue weighted by Crippen LogP contribution is 2.31. The Labute approximate surface area is 195 Å². The average Bonchev–Trinajstić information content (AvgIpc) is 3.17. The Kier molecular flexibility index (Phi) is 5.49. The number of carbonyl (C=O) groups excluding carboxylic acids is 1. The lowest BCUT2D eigenvalue weighted by Gasteiger charge is -2.11. The number of para-hydroxylation sites is 1. The van der Waals surface area contributed by atoms with E-state index in [1.165, 1.54) is 0 Å². The van der Waals surface area contributed by atoms with Crippen molar-refractivity contribution in [3.05, 3.63) is 90.9 Å². The van der Waals surface area contributed by atoms with Gasteiger partial charge in [-0.3, -0.25) is 4.40 Å². The standard InChI is InChI=1S/C25H22N8O/c1-16-27-20(15-21(26)28-16)23-24(32-22-12-5-6-13-33(22)23)29-18-10-7-11-19(14-18)31-25(34)30-17-8-3-2-4-9-17/h2-15,29H,1H3,(H2,26,27,28)(H2,30,31,34). The molecule has 3 aromatic heterocycles. The average molecular weight is 451 g/mol. The van der Waals surface area contributed by atoms with E-state index in [-0.39, 0.29) is 6.03 Å². The van der Waals surface area contributed by atoms with E-state index in [1.807, 2.05) is 83.4 Å². The van der Waals surface area contributed by atoms with Gasteiger partial charge in [0.25, 0.3) is 0 Å². The molecule has 34 heavy (non-hydrogen) atoms. The van der Waals surface area contributed by atoms with Crippen molar-refractivity contribution in [3.63, 3.8) is 0 Å². The number of benzene rings is 2. The van der Waals surface area contributed by atoms with Crippen LogP contribution in [0.2, 0.25) is 0 Å². The number of hydrogen-bond acceptors (Lipinski definition) is 6. The molecule has 2 aromatic carbocycles. The molecule has 9 heteroatoms. The number of aryl methyl sites for hydroxylation is 1. The number of nitrogens with zero attached hydrogens (tertiary/aromatic N) is 4. The summed E-state index contributed by atoms with van der Waals surface area (Å²) in [6.07, 6.45) is 1.92. The first-order valence-corrected chi connectivity index (χ1v) is 10.6. The molecule has 0 spiro atoms. The number of imidazole rings is 1. The van der Waals surface area contributed by atoms with Gasteiger partial charge in [-0.05, 0) is 49.4 Å². The molecule has 9 nitrogen and oxygen atoms in total. The van der Waals surface area contributed by atoms with Gasteiger partial charge in [0.2, 0.25) is 0 Å². The second-order valence-electron chi connectivity index (χ2n) is 7.61. The summed E-state index contributed by atoms with van der Waals surface area (Å²) < 4.78 is 1.94. The highest BCUT2D eigenvalue weighted by molar-refractivity contribution is 6.00. The number of nitrogens with one attached hydrogen (secondary N) is 3. The summed E-state index contributed by atoms with van der Waals surface area (Å²) in [4.78, 5) is 25.9. The predicted octanol–water partition coefficient (Wildman–Crippen LogP) is 5.07. The molecule has 0 fully saturated rings. The van der Waals surface area contributed by atoms with Crippen LogP contribution < -0.4 is 21.7 Å². The molecule has 0 atom stereocenters. The third-order valence-electron chi connectivity index (χ3n) is 5.05. The van der Waals surface area contributed by atoms with E-state index in [0.717, 1.165) is 17.0 Å². The van der Waals surface area contributed by atoms with Gasteiger partial charge in [0.15, 0.2) is 5.82 Å². The first-order valence-electron chi connectivity index (χ1n) is 10.6. The summed E-state index contributed by atoms with van der Waals surface area (Å²) in [5, 5.41) is 9.02. The third kappa shape index (κ3) is 4.49. The predicted molar refractivity (Wildman–Crippen MR) is 134 cm³/mol. The van der Waals surface area contributed by atoms with Crippen molar-refractivity contribution in [3.8, 4) is 11.4 Å². The van der Waals surface area contributed by atoms with E-state index in [0.29, 0.717) is 34.5 Å². The number of urea groups is 1. The molecule has 0 unspecified atom stereocenters. The summed E-state index contributed by atoms with van der Waals surface area (Å²) in [7, 11) is 0. The molecule has 0 aliphatic carbocycles. The molecule has 5 rings (SSSR count). The van der Waals surface area contributed by atoms with Crippen LogP contribution in [0.4, 0.5) is 33.5 Å². The third-order valence-corrected chi connectivity index (χ3v) is 5.05. The van der Waals surface area contributed by atoms with E-state index in [9.17, 15) is 4.79 Å². The van der Waals surface area contributed by atoms with Gasteiger partial charge in [-0.15, -0.1) is 0 Å². The second kappa shape index (κ2) is 8.91. The molecule has 0 radical (unpaired) electrons. The molecule has 0 aliphatic rings. The molecule has 0 saturated carbocycles. The number of nitrogen functional groups attached to an aromatic ring is 1. The van der Waals surface area contributed by atoms with Crippen LogP contribution in [-0.4, -0.2) is 25.4 Å². The van der Waals surface area contributed by atoms with Gasteiger partial charge in [0, 0.05) is 29.3 Å². The maximum atomic E-state index is 12.4. The summed E-state index contributed by atoms with van der Waals surface area (Å²) in [6.45, 7) is 1.80. The van der Waals surface area contributed by atoms with Crippen LogP contribution in [0.15, 0.2) is 85.1 Å². The topological polar surface area (TPSA) is 122 Å². The monoisotopic (exact) mass is 450 g/mol. The molecule has 168 valence electrons. The molecule has 5 aromatic rings. The lowest BCUT2D eigenvalue weighted by molar-refractivity contribution is 0.262. The van der Waals surface area contributed by atoms with Crippen LogP contribution in [0.1, 0.15) is 5.82 Å². The number of anilines is 5. The molecule has 3 heterocycles. The number of pyridine rings is 1. The molecule has 2 amide bonds. The van der Waals surface area contributed by atoms with Gasteiger partial charge in [-0.25, -0.2) is 19.7 Å². The Morgan fingerprint density at radius 3 is 2.38 bits per heavy atom. The van der Waals surface area contributed by atoms with E-state index in [2.05, 4.69) is 25.9 Å². The van der Waals surface area contributed by atoms with Gasteiger partial charge in [-0.2, -0.15) is 0 Å². The quantitative estimate of drug-likeness (QED) is 0.297. The first kappa shape index (κ1) is 21.0. The fourth-order valence-electron chi connectivity index (χ4n) is 3.67. The maximum absolute atomic E-state index is 12.4. The zero-order chi connectivity index (χ0) is 23.5. The van der Waals surface area contributed by atoms with E-state index in [4.69, 9.17) is 10.7 Å². The number of aromatic nitrogens is 4. The van der Waals surface area contributed by atoms with Crippen LogP contribution in [0, 0.1) is 6.92 Å². The highest BCUT2D eigenvalue weighted by Gasteiger charge is 2.17. The normalized spacial score (nSPS) is 10.7. The SMILES string of the molecule is Cc1nc(N)cc(-c2c(Nc3cccc(NC(=O)Nc4ccccc4)c3)nc3ccccn23)n1. The largest absolute Gasteiger partial charge is 0.384 e. The number of amides is 2. The molecule has 0 bridgehead atoms. The Balaban J connectivity index is 1.44. The van der Waals surface area contributed by atoms with Crippen molar-refractivity contribution in [2.75, 3.05) is 21.7 Å². The second-order valence-corrected chi connectivity index (χ2v) is 7.61. The van der Waals surface area contributed by atoms with Gasteiger partial charge in [-0.1, -0.05) is 30.3 Å². The molecular weight excluding hydrogens is 428 g/mol. The minimum atomic E-state index is -0.330. The summed E-state index contributed by atoms with van der Waals surface area (Å²) in [5.74, 6) is 1.56. The van der Waals surface area contributed by atoms with Gasteiger partial charge < -0.3 is 21.7 Å². The first-order chi connectivity index (χ1) is 16.5. The van der Waals surface area contributed by atoms with Crippen LogP contribution in [0.25, 0.3) is 17.0 Å². The highest BCUT2D eigenvalue weighted by atomic mass is 16.2. The van der Waals surface area contributed by atoms with Crippen molar-refractivity contribution in [2.24, 2.45) is 0 Å². The molecular formula is C25H22N8O.